The normalized spacial score (nSPS) is 13.3. The molecule has 0 saturated heterocycles. The molecular weight excluding hydrogens is 168 g/mol. The standard InChI is InChI=1S/C6H6S.C3H4N2/c1-2-4-6-7-5-3-1;1-2-5-3-4-1/h1-6H;1-3H,(H,4,5). The van der Waals surface area contributed by atoms with E-state index in [1.165, 1.54) is 0 Å². The molecule has 1 aliphatic rings. The third kappa shape index (κ3) is 4.57. The van der Waals surface area contributed by atoms with E-state index in [1.54, 1.807) is 30.5 Å². The van der Waals surface area contributed by atoms with Gasteiger partial charge in [0.2, 0.25) is 0 Å². The first-order valence-corrected chi connectivity index (χ1v) is 4.51. The Kier molecular flexibility index (Phi) is 4.80. The van der Waals surface area contributed by atoms with E-state index in [2.05, 4.69) is 9.97 Å². The smallest absolute Gasteiger partial charge is 0.0919 e. The van der Waals surface area contributed by atoms with Gasteiger partial charge in [-0.2, -0.15) is 0 Å². The van der Waals surface area contributed by atoms with E-state index in [1.807, 2.05) is 35.1 Å². The number of nitrogens with zero attached hydrogens (tertiary/aromatic N) is 1. The lowest BCUT2D eigenvalue weighted by Crippen LogP contribution is -1.44. The van der Waals surface area contributed by atoms with Crippen molar-refractivity contribution in [1.29, 1.82) is 0 Å². The summed E-state index contributed by atoms with van der Waals surface area (Å²) >= 11 is 1.69. The quantitative estimate of drug-likeness (QED) is 0.661. The first-order valence-electron chi connectivity index (χ1n) is 3.57. The van der Waals surface area contributed by atoms with Gasteiger partial charge in [0.05, 0.1) is 6.33 Å². The summed E-state index contributed by atoms with van der Waals surface area (Å²) in [7, 11) is 0. The Bertz CT molecular complexity index is 229. The Morgan fingerprint density at radius 1 is 1.00 bits per heavy atom. The molecule has 3 heteroatoms. The summed E-state index contributed by atoms with van der Waals surface area (Å²) in [4.78, 5) is 6.42. The number of imidazole rings is 1. The van der Waals surface area contributed by atoms with Crippen molar-refractivity contribution in [3.8, 4) is 0 Å². The van der Waals surface area contributed by atoms with Gasteiger partial charge in [0.1, 0.15) is 0 Å². The first kappa shape index (κ1) is 8.87. The van der Waals surface area contributed by atoms with Crippen LogP contribution in [0.15, 0.2) is 53.8 Å². The maximum atomic E-state index is 3.67. The average molecular weight is 178 g/mol. The van der Waals surface area contributed by atoms with Gasteiger partial charge in [-0.15, -0.1) is 11.8 Å². The average Bonchev–Trinajstić information content (AvgIpc) is 2.54. The van der Waals surface area contributed by atoms with E-state index < -0.39 is 0 Å². The highest BCUT2D eigenvalue weighted by Gasteiger charge is 1.70. The van der Waals surface area contributed by atoms with Gasteiger partial charge in [0.25, 0.3) is 0 Å². The lowest BCUT2D eigenvalue weighted by molar-refractivity contribution is 1.31. The summed E-state index contributed by atoms with van der Waals surface area (Å²) in [6, 6.07) is 0. The zero-order chi connectivity index (χ0) is 8.49. The molecule has 1 aromatic rings. The molecule has 0 amide bonds. The Labute approximate surface area is 76.1 Å². The van der Waals surface area contributed by atoms with Crippen molar-refractivity contribution < 1.29 is 0 Å². The van der Waals surface area contributed by atoms with Crippen LogP contribution >= 0.6 is 11.8 Å². The molecule has 0 aromatic carbocycles. The first-order chi connectivity index (χ1) is 6.00. The molecule has 0 saturated carbocycles. The molecule has 0 unspecified atom stereocenters. The molecule has 2 nitrogen and oxygen atoms in total. The molecule has 2 heterocycles. The lowest BCUT2D eigenvalue weighted by Gasteiger charge is -1.69. The van der Waals surface area contributed by atoms with Gasteiger partial charge in [-0.05, 0) is 10.8 Å². The van der Waals surface area contributed by atoms with E-state index in [9.17, 15) is 0 Å². The fourth-order valence-electron chi connectivity index (χ4n) is 0.570. The van der Waals surface area contributed by atoms with Gasteiger partial charge < -0.3 is 4.98 Å². The van der Waals surface area contributed by atoms with Crippen molar-refractivity contribution in [2.45, 2.75) is 0 Å². The molecule has 1 N–H and O–H groups in total. The van der Waals surface area contributed by atoms with Crippen molar-refractivity contribution >= 4 is 11.8 Å². The molecule has 1 aromatic heterocycles. The number of H-pyrrole nitrogens is 1. The summed E-state index contributed by atoms with van der Waals surface area (Å²) in [6.45, 7) is 0. The minimum Gasteiger partial charge on any atom is -0.351 e. The molecular formula is C9H10N2S. The van der Waals surface area contributed by atoms with Crippen molar-refractivity contribution in [3.05, 3.63) is 53.8 Å². The van der Waals surface area contributed by atoms with E-state index in [0.717, 1.165) is 0 Å². The van der Waals surface area contributed by atoms with Crippen LogP contribution < -0.4 is 0 Å². The Morgan fingerprint density at radius 3 is 2.17 bits per heavy atom. The van der Waals surface area contributed by atoms with Crippen LogP contribution in [0.3, 0.4) is 0 Å². The van der Waals surface area contributed by atoms with Crippen LogP contribution in [0.1, 0.15) is 0 Å². The third-order valence-electron chi connectivity index (χ3n) is 1.05. The van der Waals surface area contributed by atoms with Crippen molar-refractivity contribution in [3.63, 3.8) is 0 Å². The zero-order valence-electron chi connectivity index (χ0n) is 6.55. The van der Waals surface area contributed by atoms with Crippen LogP contribution in [-0.4, -0.2) is 9.97 Å². The molecule has 0 radical (unpaired) electrons. The second-order valence-electron chi connectivity index (χ2n) is 1.94. The van der Waals surface area contributed by atoms with Crippen molar-refractivity contribution in [1.82, 2.24) is 9.97 Å². The van der Waals surface area contributed by atoms with E-state index in [-0.39, 0.29) is 0 Å². The molecule has 2 rings (SSSR count). The minimum absolute atomic E-state index is 1.62. The van der Waals surface area contributed by atoms with Gasteiger partial charge in [0.15, 0.2) is 0 Å². The number of nitrogens with one attached hydrogen (secondary N) is 1. The second kappa shape index (κ2) is 6.49. The third-order valence-corrected chi connectivity index (χ3v) is 1.68. The number of allylic oxidation sites excluding steroid dienone is 4. The van der Waals surface area contributed by atoms with Crippen LogP contribution in [0.4, 0.5) is 0 Å². The highest BCUT2D eigenvalue weighted by molar-refractivity contribution is 8.04. The summed E-state index contributed by atoms with van der Waals surface area (Å²) < 4.78 is 0. The van der Waals surface area contributed by atoms with E-state index in [0.29, 0.717) is 0 Å². The zero-order valence-corrected chi connectivity index (χ0v) is 7.37. The predicted octanol–water partition coefficient (Wildman–Crippen LogP) is 2.73. The minimum atomic E-state index is 1.62. The largest absolute Gasteiger partial charge is 0.351 e. The van der Waals surface area contributed by atoms with Gasteiger partial charge in [-0.25, -0.2) is 4.98 Å². The molecule has 0 aliphatic carbocycles. The Morgan fingerprint density at radius 2 is 1.75 bits per heavy atom. The van der Waals surface area contributed by atoms with Crippen LogP contribution in [0.2, 0.25) is 0 Å². The van der Waals surface area contributed by atoms with Gasteiger partial charge >= 0.3 is 0 Å². The topological polar surface area (TPSA) is 28.7 Å². The SMILES string of the molecule is C1=CC=CSC=C1.c1c[nH]cn1. The molecule has 1 aliphatic heterocycles. The van der Waals surface area contributed by atoms with Crippen molar-refractivity contribution in [2.24, 2.45) is 0 Å². The highest BCUT2D eigenvalue weighted by atomic mass is 32.2. The lowest BCUT2D eigenvalue weighted by atomic mass is 10.5. The molecule has 12 heavy (non-hydrogen) atoms. The number of aromatic amines is 1. The number of thioether (sulfide) groups is 1. The molecule has 0 spiro atoms. The molecule has 62 valence electrons. The highest BCUT2D eigenvalue weighted by Crippen LogP contribution is 2.06. The van der Waals surface area contributed by atoms with Crippen molar-refractivity contribution in [2.75, 3.05) is 0 Å². The second-order valence-corrected chi connectivity index (χ2v) is 2.76. The Balaban J connectivity index is 0.000000127. The van der Waals surface area contributed by atoms with Crippen LogP contribution in [0.5, 0.6) is 0 Å². The maximum Gasteiger partial charge on any atom is 0.0919 e. The molecule has 0 bridgehead atoms. The Hall–Kier alpha value is -1.22. The summed E-state index contributed by atoms with van der Waals surface area (Å²) in [5, 5.41) is 4.08. The number of hydrogen-bond donors (Lipinski definition) is 1. The van der Waals surface area contributed by atoms with Crippen LogP contribution in [-0.2, 0) is 0 Å². The number of rotatable bonds is 0. The van der Waals surface area contributed by atoms with Gasteiger partial charge in [-0.3, -0.25) is 0 Å². The fraction of sp³-hybridized carbons (Fsp3) is 0. The van der Waals surface area contributed by atoms with E-state index >= 15 is 0 Å². The molecule has 0 atom stereocenters. The van der Waals surface area contributed by atoms with Crippen LogP contribution in [0.25, 0.3) is 0 Å². The maximum absolute atomic E-state index is 3.67. The van der Waals surface area contributed by atoms with Crippen LogP contribution in [0, 0.1) is 0 Å². The summed E-state index contributed by atoms with van der Waals surface area (Å²) in [5.41, 5.74) is 0. The van der Waals surface area contributed by atoms with Gasteiger partial charge in [-0.1, -0.05) is 24.3 Å². The monoisotopic (exact) mass is 178 g/mol. The number of hydrogen-bond acceptors (Lipinski definition) is 2. The number of aromatic nitrogens is 2. The summed E-state index contributed by atoms with van der Waals surface area (Å²) in [6.07, 6.45) is 13.1. The predicted molar refractivity (Wildman–Crippen MR) is 53.6 cm³/mol. The summed E-state index contributed by atoms with van der Waals surface area (Å²) in [5.74, 6) is 0. The fourth-order valence-corrected chi connectivity index (χ4v) is 1.02. The van der Waals surface area contributed by atoms with Gasteiger partial charge in [0, 0.05) is 12.4 Å². The van der Waals surface area contributed by atoms with E-state index in [4.69, 9.17) is 0 Å². The molecule has 0 fully saturated rings.